The van der Waals surface area contributed by atoms with Gasteiger partial charge in [0, 0.05) is 22.9 Å². The van der Waals surface area contributed by atoms with Gasteiger partial charge in [-0.15, -0.1) is 11.3 Å². The van der Waals surface area contributed by atoms with Crippen LogP contribution >= 0.6 is 11.3 Å². The highest BCUT2D eigenvalue weighted by Crippen LogP contribution is 2.32. The normalized spacial score (nSPS) is 10.8. The fraction of sp³-hybridized carbons (Fsp3) is 0.208. The standard InChI is InChI=1S/C24H23N3O4S/c1-2-30-21-12-17(4-5-20(21)31-14-24(28)29)19-13-23(27-15-26-19)25-9-7-16-3-6-22-18(11-16)8-10-32-22/h3-6,8,10-13,15H,2,7,9,14H2,1H3,(H,28,29)(H,25,26,27). The molecule has 0 spiro atoms. The van der Waals surface area contributed by atoms with Crippen molar-refractivity contribution < 1.29 is 19.4 Å². The zero-order chi connectivity index (χ0) is 22.3. The monoisotopic (exact) mass is 449 g/mol. The van der Waals surface area contributed by atoms with Crippen molar-refractivity contribution in [1.82, 2.24) is 9.97 Å². The van der Waals surface area contributed by atoms with E-state index in [0.717, 1.165) is 30.0 Å². The van der Waals surface area contributed by atoms with Gasteiger partial charge in [0.05, 0.1) is 12.3 Å². The molecule has 0 aliphatic carbocycles. The molecule has 4 aromatic rings. The average molecular weight is 450 g/mol. The third-order valence-electron chi connectivity index (χ3n) is 4.79. The van der Waals surface area contributed by atoms with Crippen molar-refractivity contribution in [2.75, 3.05) is 25.1 Å². The average Bonchev–Trinajstić information content (AvgIpc) is 3.26. The number of aromatic nitrogens is 2. The first kappa shape index (κ1) is 21.6. The first-order valence-corrected chi connectivity index (χ1v) is 11.1. The van der Waals surface area contributed by atoms with E-state index in [0.29, 0.717) is 18.1 Å². The molecule has 0 aliphatic rings. The maximum atomic E-state index is 10.8. The van der Waals surface area contributed by atoms with E-state index in [-0.39, 0.29) is 0 Å². The van der Waals surface area contributed by atoms with Crippen molar-refractivity contribution in [2.45, 2.75) is 13.3 Å². The number of carbonyl (C=O) groups is 1. The number of carboxylic acids is 1. The number of ether oxygens (including phenoxy) is 2. The number of hydrogen-bond acceptors (Lipinski definition) is 7. The summed E-state index contributed by atoms with van der Waals surface area (Å²) >= 11 is 1.75. The first-order chi connectivity index (χ1) is 15.6. The van der Waals surface area contributed by atoms with Gasteiger partial charge in [-0.05, 0) is 60.0 Å². The summed E-state index contributed by atoms with van der Waals surface area (Å²) in [5.74, 6) is 0.547. The van der Waals surface area contributed by atoms with Gasteiger partial charge in [-0.25, -0.2) is 14.8 Å². The Morgan fingerprint density at radius 2 is 1.97 bits per heavy atom. The van der Waals surface area contributed by atoms with Crippen LogP contribution in [0.3, 0.4) is 0 Å². The summed E-state index contributed by atoms with van der Waals surface area (Å²) in [6.45, 7) is 2.61. The molecule has 0 saturated heterocycles. The molecular weight excluding hydrogens is 426 g/mol. The molecule has 0 bridgehead atoms. The zero-order valence-electron chi connectivity index (χ0n) is 17.6. The first-order valence-electron chi connectivity index (χ1n) is 10.3. The molecule has 4 rings (SSSR count). The number of nitrogens with zero attached hydrogens (tertiary/aromatic N) is 2. The van der Waals surface area contributed by atoms with E-state index < -0.39 is 12.6 Å². The molecule has 0 unspecified atom stereocenters. The molecule has 2 aromatic carbocycles. The van der Waals surface area contributed by atoms with Gasteiger partial charge in [0.25, 0.3) is 0 Å². The number of anilines is 1. The van der Waals surface area contributed by atoms with Gasteiger partial charge >= 0.3 is 5.97 Å². The van der Waals surface area contributed by atoms with E-state index in [1.165, 1.54) is 22.0 Å². The van der Waals surface area contributed by atoms with Gasteiger partial charge in [0.2, 0.25) is 0 Å². The van der Waals surface area contributed by atoms with E-state index in [2.05, 4.69) is 44.9 Å². The number of hydrogen-bond donors (Lipinski definition) is 2. The van der Waals surface area contributed by atoms with E-state index in [9.17, 15) is 4.79 Å². The Hall–Kier alpha value is -3.65. The molecule has 0 atom stereocenters. The Morgan fingerprint density at radius 1 is 1.06 bits per heavy atom. The maximum Gasteiger partial charge on any atom is 0.341 e. The van der Waals surface area contributed by atoms with Crippen LogP contribution in [0.5, 0.6) is 11.5 Å². The third kappa shape index (κ3) is 5.33. The Balaban J connectivity index is 1.44. The Bertz CT molecular complexity index is 1220. The van der Waals surface area contributed by atoms with E-state index in [1.807, 2.05) is 19.1 Å². The van der Waals surface area contributed by atoms with Crippen molar-refractivity contribution in [1.29, 1.82) is 0 Å². The molecule has 2 aromatic heterocycles. The minimum absolute atomic E-state index is 0.382. The Kier molecular flexibility index (Phi) is 6.81. The molecule has 0 radical (unpaired) electrons. The number of rotatable bonds is 10. The summed E-state index contributed by atoms with van der Waals surface area (Å²) in [5.41, 5.74) is 2.83. The van der Waals surface area contributed by atoms with E-state index in [4.69, 9.17) is 14.6 Å². The number of benzene rings is 2. The van der Waals surface area contributed by atoms with Crippen LogP contribution in [0.25, 0.3) is 21.3 Å². The predicted octanol–water partition coefficient (Wildman–Crippen LogP) is 4.88. The number of nitrogens with one attached hydrogen (secondary N) is 1. The minimum atomic E-state index is -1.04. The molecule has 0 fully saturated rings. The molecule has 0 amide bonds. The fourth-order valence-corrected chi connectivity index (χ4v) is 4.08. The molecule has 0 saturated carbocycles. The lowest BCUT2D eigenvalue weighted by molar-refractivity contribution is -0.139. The Labute approximate surface area is 189 Å². The van der Waals surface area contributed by atoms with Crippen LogP contribution in [-0.4, -0.2) is 40.8 Å². The third-order valence-corrected chi connectivity index (χ3v) is 5.69. The quantitative estimate of drug-likeness (QED) is 0.357. The highest BCUT2D eigenvalue weighted by atomic mass is 32.1. The van der Waals surface area contributed by atoms with Crippen LogP contribution in [0.15, 0.2) is 60.2 Å². The highest BCUT2D eigenvalue weighted by molar-refractivity contribution is 7.17. The number of aliphatic carboxylic acids is 1. The molecule has 7 nitrogen and oxygen atoms in total. The SMILES string of the molecule is CCOc1cc(-c2cc(NCCc3ccc4sccc4c3)ncn2)ccc1OCC(=O)O. The van der Waals surface area contributed by atoms with Gasteiger partial charge in [0.1, 0.15) is 12.1 Å². The second-order valence-electron chi connectivity index (χ2n) is 7.03. The van der Waals surface area contributed by atoms with Gasteiger partial charge in [-0.1, -0.05) is 12.1 Å². The minimum Gasteiger partial charge on any atom is -0.490 e. The van der Waals surface area contributed by atoms with Crippen LogP contribution < -0.4 is 14.8 Å². The van der Waals surface area contributed by atoms with Crippen LogP contribution in [-0.2, 0) is 11.2 Å². The van der Waals surface area contributed by atoms with Crippen molar-refractivity contribution in [3.63, 3.8) is 0 Å². The largest absolute Gasteiger partial charge is 0.490 e. The summed E-state index contributed by atoms with van der Waals surface area (Å²) in [5, 5.41) is 15.6. The lowest BCUT2D eigenvalue weighted by Crippen LogP contribution is -2.10. The van der Waals surface area contributed by atoms with Crippen molar-refractivity contribution in [3.05, 3.63) is 65.8 Å². The van der Waals surface area contributed by atoms with E-state index in [1.54, 1.807) is 23.5 Å². The highest BCUT2D eigenvalue weighted by Gasteiger charge is 2.11. The molecule has 32 heavy (non-hydrogen) atoms. The smallest absolute Gasteiger partial charge is 0.341 e. The molecular formula is C24H23N3O4S. The maximum absolute atomic E-state index is 10.8. The van der Waals surface area contributed by atoms with Gasteiger partial charge < -0.3 is 19.9 Å². The molecule has 8 heteroatoms. The predicted molar refractivity (Wildman–Crippen MR) is 126 cm³/mol. The van der Waals surface area contributed by atoms with Gasteiger partial charge in [0.15, 0.2) is 18.1 Å². The lowest BCUT2D eigenvalue weighted by Gasteiger charge is -2.13. The van der Waals surface area contributed by atoms with Crippen molar-refractivity contribution in [3.8, 4) is 22.8 Å². The second kappa shape index (κ2) is 10.1. The van der Waals surface area contributed by atoms with Crippen LogP contribution in [0.1, 0.15) is 12.5 Å². The number of thiophene rings is 1. The molecule has 2 heterocycles. The summed E-state index contributed by atoms with van der Waals surface area (Å²) in [6.07, 6.45) is 2.40. The molecule has 0 aliphatic heterocycles. The number of fused-ring (bicyclic) bond motifs is 1. The lowest BCUT2D eigenvalue weighted by atomic mass is 10.1. The van der Waals surface area contributed by atoms with Crippen LogP contribution in [0.2, 0.25) is 0 Å². The summed E-state index contributed by atoms with van der Waals surface area (Å²) in [4.78, 5) is 19.5. The van der Waals surface area contributed by atoms with E-state index >= 15 is 0 Å². The van der Waals surface area contributed by atoms with Gasteiger partial charge in [-0.2, -0.15) is 0 Å². The van der Waals surface area contributed by atoms with Crippen molar-refractivity contribution >= 4 is 33.2 Å². The number of carboxylic acid groups (broad SMARTS) is 1. The van der Waals surface area contributed by atoms with Crippen LogP contribution in [0.4, 0.5) is 5.82 Å². The Morgan fingerprint density at radius 3 is 2.81 bits per heavy atom. The summed E-state index contributed by atoms with van der Waals surface area (Å²) in [7, 11) is 0. The fourth-order valence-electron chi connectivity index (χ4n) is 3.31. The van der Waals surface area contributed by atoms with Crippen LogP contribution in [0, 0.1) is 0 Å². The molecule has 164 valence electrons. The summed E-state index contributed by atoms with van der Waals surface area (Å²) < 4.78 is 12.2. The van der Waals surface area contributed by atoms with Crippen molar-refractivity contribution in [2.24, 2.45) is 0 Å². The topological polar surface area (TPSA) is 93.6 Å². The molecule has 2 N–H and O–H groups in total. The zero-order valence-corrected chi connectivity index (χ0v) is 18.4. The van der Waals surface area contributed by atoms with Gasteiger partial charge in [-0.3, -0.25) is 0 Å². The summed E-state index contributed by atoms with van der Waals surface area (Å²) in [6, 6.07) is 15.9. The second-order valence-corrected chi connectivity index (χ2v) is 7.98.